The van der Waals surface area contributed by atoms with Gasteiger partial charge >= 0.3 is 0 Å². The van der Waals surface area contributed by atoms with Crippen LogP contribution in [0, 0.1) is 10.1 Å². The number of fused-ring (bicyclic) bond motifs is 1. The van der Waals surface area contributed by atoms with Gasteiger partial charge in [-0.2, -0.15) is 0 Å². The number of amides is 1. The lowest BCUT2D eigenvalue weighted by Crippen LogP contribution is -2.34. The van der Waals surface area contributed by atoms with Crippen LogP contribution in [0.5, 0.6) is 5.75 Å². The second-order valence-corrected chi connectivity index (χ2v) is 7.71. The van der Waals surface area contributed by atoms with E-state index in [-0.39, 0.29) is 10.8 Å². The first-order valence-corrected chi connectivity index (χ1v) is 9.99. The highest BCUT2D eigenvalue weighted by Gasteiger charge is 2.14. The standard InChI is InChI=1S/C17H13BrN4O4S2/c1-2-26-13-6-3-9(7-11(13)18)15(23)20-16(27)21-17-19-12-5-4-10(22(24)25)8-14(12)28-17/h3-8H,2H2,1H3,(H2,19,20,21,23,27). The van der Waals surface area contributed by atoms with Crippen molar-refractivity contribution in [3.63, 3.8) is 0 Å². The van der Waals surface area contributed by atoms with Crippen LogP contribution in [0.25, 0.3) is 10.2 Å². The quantitative estimate of drug-likeness (QED) is 0.314. The van der Waals surface area contributed by atoms with E-state index in [1.807, 2.05) is 6.92 Å². The van der Waals surface area contributed by atoms with Gasteiger partial charge in [0, 0.05) is 17.7 Å². The SMILES string of the molecule is CCOc1ccc(C(=O)NC(=S)Nc2nc3ccc([N+](=O)[O-])cc3s2)cc1Br. The van der Waals surface area contributed by atoms with Crippen molar-refractivity contribution >= 4 is 71.5 Å². The number of carbonyl (C=O) groups is 1. The number of thiazole rings is 1. The summed E-state index contributed by atoms with van der Waals surface area (Å²) in [6.07, 6.45) is 0. The normalized spacial score (nSPS) is 10.5. The summed E-state index contributed by atoms with van der Waals surface area (Å²) in [7, 11) is 0. The van der Waals surface area contributed by atoms with Crippen molar-refractivity contribution in [1.29, 1.82) is 0 Å². The number of carbonyl (C=O) groups excluding carboxylic acids is 1. The predicted octanol–water partition coefficient (Wildman–Crippen LogP) is 4.49. The first kappa shape index (κ1) is 20.1. The average Bonchev–Trinajstić information content (AvgIpc) is 3.04. The largest absolute Gasteiger partial charge is 0.493 e. The topological polar surface area (TPSA) is 106 Å². The molecule has 3 rings (SSSR count). The molecule has 2 N–H and O–H groups in total. The number of anilines is 1. The molecule has 0 spiro atoms. The van der Waals surface area contributed by atoms with Gasteiger partial charge in [-0.3, -0.25) is 20.2 Å². The third-order valence-corrected chi connectivity index (χ3v) is 5.28. The highest BCUT2D eigenvalue weighted by molar-refractivity contribution is 9.10. The monoisotopic (exact) mass is 480 g/mol. The molecule has 1 amide bonds. The molecule has 0 fully saturated rings. The van der Waals surface area contributed by atoms with Gasteiger partial charge in [-0.05, 0) is 59.3 Å². The van der Waals surface area contributed by atoms with Crippen molar-refractivity contribution in [2.24, 2.45) is 0 Å². The summed E-state index contributed by atoms with van der Waals surface area (Å²) in [4.78, 5) is 27.1. The zero-order chi connectivity index (χ0) is 20.3. The van der Waals surface area contributed by atoms with E-state index in [2.05, 4.69) is 31.5 Å². The van der Waals surface area contributed by atoms with Gasteiger partial charge in [0.15, 0.2) is 10.2 Å². The lowest BCUT2D eigenvalue weighted by molar-refractivity contribution is -0.384. The van der Waals surface area contributed by atoms with E-state index in [0.29, 0.717) is 37.7 Å². The molecule has 2 aromatic carbocycles. The molecule has 8 nitrogen and oxygen atoms in total. The number of nitrogens with one attached hydrogen (secondary N) is 2. The summed E-state index contributed by atoms with van der Waals surface area (Å²) in [5.74, 6) is 0.251. The van der Waals surface area contributed by atoms with E-state index in [1.165, 1.54) is 23.5 Å². The highest BCUT2D eigenvalue weighted by atomic mass is 79.9. The minimum absolute atomic E-state index is 0.0142. The average molecular weight is 481 g/mol. The Morgan fingerprint density at radius 3 is 2.82 bits per heavy atom. The van der Waals surface area contributed by atoms with Gasteiger partial charge in [-0.15, -0.1) is 0 Å². The molecule has 11 heteroatoms. The van der Waals surface area contributed by atoms with Crippen LogP contribution in [0.15, 0.2) is 40.9 Å². The Labute approximate surface area is 177 Å². The minimum atomic E-state index is -0.466. The Morgan fingerprint density at radius 1 is 1.36 bits per heavy atom. The molecule has 144 valence electrons. The molecule has 1 aromatic heterocycles. The van der Waals surface area contributed by atoms with E-state index >= 15 is 0 Å². The van der Waals surface area contributed by atoms with Crippen LogP contribution < -0.4 is 15.4 Å². The molecule has 1 heterocycles. The number of rotatable bonds is 5. The van der Waals surface area contributed by atoms with Crippen LogP contribution in [-0.2, 0) is 0 Å². The maximum atomic E-state index is 12.4. The predicted molar refractivity (Wildman–Crippen MR) is 115 cm³/mol. The Morgan fingerprint density at radius 2 is 2.14 bits per heavy atom. The van der Waals surface area contributed by atoms with Crippen molar-refractivity contribution in [2.45, 2.75) is 6.92 Å². The smallest absolute Gasteiger partial charge is 0.270 e. The van der Waals surface area contributed by atoms with Crippen molar-refractivity contribution < 1.29 is 14.5 Å². The number of halogens is 1. The molecule has 0 aliphatic carbocycles. The summed E-state index contributed by atoms with van der Waals surface area (Å²) < 4.78 is 6.72. The number of thiocarbonyl (C=S) groups is 1. The number of aromatic nitrogens is 1. The molecule has 0 aliphatic rings. The Hall–Kier alpha value is -2.63. The van der Waals surface area contributed by atoms with E-state index < -0.39 is 10.8 Å². The lowest BCUT2D eigenvalue weighted by atomic mass is 10.2. The van der Waals surface area contributed by atoms with Crippen LogP contribution in [0.3, 0.4) is 0 Å². The summed E-state index contributed by atoms with van der Waals surface area (Å²) in [6, 6.07) is 9.35. The number of nitro groups is 1. The molecule has 0 bridgehead atoms. The number of hydrogen-bond donors (Lipinski definition) is 2. The third kappa shape index (κ3) is 4.61. The molecule has 0 aliphatic heterocycles. The Bertz CT molecular complexity index is 1090. The van der Waals surface area contributed by atoms with Gasteiger partial charge in [0.25, 0.3) is 11.6 Å². The summed E-state index contributed by atoms with van der Waals surface area (Å²) >= 11 is 9.73. The Kier molecular flexibility index (Phi) is 6.17. The Balaban J connectivity index is 1.68. The fourth-order valence-electron chi connectivity index (χ4n) is 2.30. The molecule has 3 aromatic rings. The van der Waals surface area contributed by atoms with Gasteiger partial charge in [-0.25, -0.2) is 4.98 Å². The van der Waals surface area contributed by atoms with E-state index in [4.69, 9.17) is 17.0 Å². The molecular weight excluding hydrogens is 468 g/mol. The van der Waals surface area contributed by atoms with Crippen LogP contribution in [0.2, 0.25) is 0 Å². The number of hydrogen-bond acceptors (Lipinski definition) is 7. The van der Waals surface area contributed by atoms with Gasteiger partial charge < -0.3 is 10.1 Å². The second-order valence-electron chi connectivity index (χ2n) is 5.41. The van der Waals surface area contributed by atoms with Crippen LogP contribution in [0.4, 0.5) is 10.8 Å². The molecule has 0 atom stereocenters. The lowest BCUT2D eigenvalue weighted by Gasteiger charge is -2.09. The van der Waals surface area contributed by atoms with Gasteiger partial charge in [0.1, 0.15) is 5.75 Å². The fourth-order valence-corrected chi connectivity index (χ4v) is 3.95. The highest BCUT2D eigenvalue weighted by Crippen LogP contribution is 2.29. The van der Waals surface area contributed by atoms with Gasteiger partial charge in [-0.1, -0.05) is 11.3 Å². The number of ether oxygens (including phenoxy) is 1. The minimum Gasteiger partial charge on any atom is -0.493 e. The van der Waals surface area contributed by atoms with Crippen LogP contribution >= 0.6 is 39.5 Å². The molecule has 28 heavy (non-hydrogen) atoms. The first-order chi connectivity index (χ1) is 13.4. The number of nitrogens with zero attached hydrogens (tertiary/aromatic N) is 2. The second kappa shape index (κ2) is 8.59. The summed E-state index contributed by atoms with van der Waals surface area (Å²) in [6.45, 7) is 2.39. The summed E-state index contributed by atoms with van der Waals surface area (Å²) in [5, 5.41) is 16.8. The van der Waals surface area contributed by atoms with E-state index in [9.17, 15) is 14.9 Å². The van der Waals surface area contributed by atoms with Crippen molar-refractivity contribution in [2.75, 3.05) is 11.9 Å². The molecule has 0 radical (unpaired) electrons. The van der Waals surface area contributed by atoms with E-state index in [1.54, 1.807) is 24.3 Å². The fraction of sp³-hybridized carbons (Fsp3) is 0.118. The maximum Gasteiger partial charge on any atom is 0.270 e. The zero-order valence-corrected chi connectivity index (χ0v) is 17.6. The van der Waals surface area contributed by atoms with E-state index in [0.717, 1.165) is 0 Å². The number of non-ortho nitro benzene ring substituents is 1. The van der Waals surface area contributed by atoms with Gasteiger partial charge in [0.05, 0.1) is 26.2 Å². The number of nitro benzene ring substituents is 1. The molecule has 0 unspecified atom stereocenters. The molecule has 0 saturated carbocycles. The first-order valence-electron chi connectivity index (χ1n) is 7.97. The van der Waals surface area contributed by atoms with Crippen molar-refractivity contribution in [3.8, 4) is 5.75 Å². The zero-order valence-electron chi connectivity index (χ0n) is 14.4. The molecule has 0 saturated heterocycles. The van der Waals surface area contributed by atoms with Crippen LogP contribution in [-0.4, -0.2) is 27.5 Å². The molecular formula is C17H13BrN4O4S2. The van der Waals surface area contributed by atoms with Gasteiger partial charge in [0.2, 0.25) is 0 Å². The summed E-state index contributed by atoms with van der Waals surface area (Å²) in [5.41, 5.74) is 0.988. The van der Waals surface area contributed by atoms with Crippen molar-refractivity contribution in [1.82, 2.24) is 10.3 Å². The third-order valence-electron chi connectivity index (χ3n) is 3.52. The maximum absolute atomic E-state index is 12.4. The number of benzene rings is 2. The van der Waals surface area contributed by atoms with Crippen LogP contribution in [0.1, 0.15) is 17.3 Å². The van der Waals surface area contributed by atoms with Crippen molar-refractivity contribution in [3.05, 3.63) is 56.5 Å².